The molecule has 0 saturated heterocycles. The molecule has 0 bridgehead atoms. The first-order valence-electron chi connectivity index (χ1n) is 31.1. The Hall–Kier alpha value is -10.1. The number of para-hydroxylation sites is 1. The number of anilines is 6. The van der Waals surface area contributed by atoms with Gasteiger partial charge >= 0.3 is 12.4 Å². The van der Waals surface area contributed by atoms with Crippen LogP contribution in [-0.2, 0) is 25.2 Å². The van der Waals surface area contributed by atoms with Crippen LogP contribution in [0.15, 0.2) is 282 Å². The predicted octanol–water partition coefficient (Wildman–Crippen LogP) is 25.3. The lowest BCUT2D eigenvalue weighted by molar-refractivity contribution is -0.138. The van der Waals surface area contributed by atoms with Crippen molar-refractivity contribution in [1.82, 2.24) is 34.9 Å². The van der Waals surface area contributed by atoms with E-state index >= 15 is 0 Å². The number of pyridine rings is 2. The Morgan fingerprint density at radius 3 is 1.31 bits per heavy atom. The number of ether oxygens (including phenoxy) is 1. The third-order valence-corrected chi connectivity index (χ3v) is 19.2. The van der Waals surface area contributed by atoms with Gasteiger partial charge in [-0.05, 0) is 108 Å². The average molecular weight is 1530 g/mol. The third-order valence-electron chi connectivity index (χ3n) is 14.5. The number of methoxy groups -OCH3 is 1. The Bertz CT molecular complexity index is 5000. The van der Waals surface area contributed by atoms with Gasteiger partial charge in [-0.3, -0.25) is 4.98 Å². The van der Waals surface area contributed by atoms with E-state index in [9.17, 15) is 26.3 Å². The van der Waals surface area contributed by atoms with Crippen molar-refractivity contribution < 1.29 is 31.1 Å². The van der Waals surface area contributed by atoms with Crippen molar-refractivity contribution in [1.29, 1.82) is 0 Å². The van der Waals surface area contributed by atoms with E-state index in [0.717, 1.165) is 117 Å². The van der Waals surface area contributed by atoms with Gasteiger partial charge < -0.3 is 20.7 Å². The molecule has 15 rings (SSSR count). The molecule has 103 heavy (non-hydrogen) atoms. The summed E-state index contributed by atoms with van der Waals surface area (Å²) in [6.07, 6.45) is -2.66. The predicted molar refractivity (Wildman–Crippen MR) is 413 cm³/mol. The summed E-state index contributed by atoms with van der Waals surface area (Å²) in [5, 5.41) is 25.7. The second kappa shape index (κ2) is 36.1. The van der Waals surface area contributed by atoms with E-state index in [4.69, 9.17) is 39.5 Å². The van der Waals surface area contributed by atoms with Crippen LogP contribution in [0, 0.1) is 0 Å². The number of rotatable bonds is 16. The molecule has 0 amide bonds. The van der Waals surface area contributed by atoms with Gasteiger partial charge in [0, 0.05) is 101 Å². The highest BCUT2D eigenvalue weighted by molar-refractivity contribution is 7.14. The first-order valence-corrected chi connectivity index (χ1v) is 36.7. The Kier molecular flexibility index (Phi) is 26.0. The first kappa shape index (κ1) is 74.1. The van der Waals surface area contributed by atoms with Crippen molar-refractivity contribution in [2.75, 3.05) is 23.1 Å². The Balaban J connectivity index is 0.000000130. The largest absolute Gasteiger partial charge is 0.497 e. The first-order chi connectivity index (χ1) is 49.9. The molecule has 25 heteroatoms. The lowest BCUT2D eigenvalue weighted by atomic mass is 10.1. The van der Waals surface area contributed by atoms with E-state index in [2.05, 4.69) is 68.4 Å². The van der Waals surface area contributed by atoms with Crippen LogP contribution in [0.25, 0.3) is 56.3 Å². The molecule has 0 fully saturated rings. The third kappa shape index (κ3) is 22.7. The van der Waals surface area contributed by atoms with E-state index in [1.165, 1.54) is 58.3 Å². The molecule has 3 N–H and O–H groups in total. The number of aromatic nitrogens is 7. The molecule has 7 heterocycles. The van der Waals surface area contributed by atoms with Crippen molar-refractivity contribution in [3.8, 4) is 62.0 Å². The van der Waals surface area contributed by atoms with Crippen LogP contribution in [0.3, 0.4) is 0 Å². The summed E-state index contributed by atoms with van der Waals surface area (Å²) < 4.78 is 81.8. The molecule has 7 aromatic heterocycles. The summed E-state index contributed by atoms with van der Waals surface area (Å²) in [4.78, 5) is 30.9. The van der Waals surface area contributed by atoms with Crippen LogP contribution < -0.4 is 20.7 Å². The van der Waals surface area contributed by atoms with Crippen LogP contribution >= 0.6 is 91.5 Å². The summed E-state index contributed by atoms with van der Waals surface area (Å²) in [5.74, 6) is 1.52. The lowest BCUT2D eigenvalue weighted by Gasteiger charge is -2.07. The standard InChI is InChI=1S/C18H14F3NOS.C17H11ClF3NS.C15H12N2S.2C14H10ClN3S/c1-23-15-7-3-5-13(10-15)16-11-24-17(22-16)9-12-4-2-6-14(8-12)18(19,20)21;18-14-6-4-12(5-7-14)15-10-23-16(22-15)9-11-2-1-3-13(8-11)17(19,20)21;1-3-7-12(8-4-1)14-11-18-15(17-14)16-13-9-5-2-6-10-13;15-11-4-1-3-10(7-11)13-9-19-14(18-13)17-12-5-2-6-16-8-12;15-11-5-3-4-10(8-11)12-9-19-14(17-12)18-13-6-1-2-7-16-13/h2-8,10-11H,9H2,1H3;1-8,10H,9H2;1-11H,(H,16,17);1-9H,(H,17,18);1-9H,(H,16,17,18). The maximum Gasteiger partial charge on any atom is 0.416 e. The van der Waals surface area contributed by atoms with E-state index in [1.54, 1.807) is 72.6 Å². The summed E-state index contributed by atoms with van der Waals surface area (Å²) in [6, 6.07) is 70.7. The maximum absolute atomic E-state index is 12.8. The maximum atomic E-state index is 12.8. The number of nitrogens with one attached hydrogen (secondary N) is 3. The van der Waals surface area contributed by atoms with E-state index in [0.29, 0.717) is 39.0 Å². The van der Waals surface area contributed by atoms with Gasteiger partial charge in [-0.15, -0.1) is 56.7 Å². The Morgan fingerprint density at radius 2 is 0.806 bits per heavy atom. The van der Waals surface area contributed by atoms with Gasteiger partial charge in [0.2, 0.25) is 0 Å². The molecule has 0 aliphatic heterocycles. The molecule has 11 nitrogen and oxygen atoms in total. The Morgan fingerprint density at radius 1 is 0.369 bits per heavy atom. The molecule has 15 aromatic rings. The molecular weight excluding hydrogens is 1470 g/mol. The fourth-order valence-corrected chi connectivity index (χ4v) is 14.0. The molecular formula is C78H57Cl3F6N10OS5. The fraction of sp³-hybridized carbons (Fsp3) is 0.0641. The van der Waals surface area contributed by atoms with Gasteiger partial charge in [-0.2, -0.15) is 26.3 Å². The van der Waals surface area contributed by atoms with Crippen molar-refractivity contribution in [2.45, 2.75) is 25.2 Å². The molecule has 0 atom stereocenters. The van der Waals surface area contributed by atoms with Crippen molar-refractivity contribution in [3.63, 3.8) is 0 Å². The van der Waals surface area contributed by atoms with Crippen molar-refractivity contribution in [3.05, 3.63) is 329 Å². The van der Waals surface area contributed by atoms with Crippen LogP contribution in [0.5, 0.6) is 5.75 Å². The molecule has 0 unspecified atom stereocenters. The topological polar surface area (TPSA) is 136 Å². The molecule has 0 radical (unpaired) electrons. The van der Waals surface area contributed by atoms with Crippen LogP contribution in [0.2, 0.25) is 15.1 Å². The second-order valence-corrected chi connectivity index (χ2v) is 27.7. The highest BCUT2D eigenvalue weighted by Crippen LogP contribution is 2.36. The van der Waals surface area contributed by atoms with Gasteiger partial charge in [-0.25, -0.2) is 29.9 Å². The zero-order chi connectivity index (χ0) is 72.0. The molecule has 8 aromatic carbocycles. The number of nitrogens with zero attached hydrogens (tertiary/aromatic N) is 7. The lowest BCUT2D eigenvalue weighted by Crippen LogP contribution is -2.05. The normalized spacial score (nSPS) is 10.9. The number of thiazole rings is 5. The number of hydrogen-bond acceptors (Lipinski definition) is 16. The summed E-state index contributed by atoms with van der Waals surface area (Å²) in [6.45, 7) is 0. The van der Waals surface area contributed by atoms with Gasteiger partial charge in [-0.1, -0.05) is 174 Å². The minimum absolute atomic E-state index is 0.374. The SMILES string of the molecule is COc1cccc(-c2csc(Cc3cccc(C(F)(F)F)c3)n2)c1.Clc1cccc(-c2csc(Nc3ccccn3)n2)c1.Clc1cccc(-c2csc(Nc3cccnc3)n2)c1.FC(F)(F)c1cccc(Cc2nc(-c3ccc(Cl)cc3)cs2)c1.c1ccc(Nc2nc(-c3ccccc3)cs2)cc1. The van der Waals surface area contributed by atoms with Gasteiger partial charge in [0.1, 0.15) is 11.6 Å². The molecule has 518 valence electrons. The summed E-state index contributed by atoms with van der Waals surface area (Å²) in [7, 11) is 1.60. The van der Waals surface area contributed by atoms with Gasteiger partial charge in [0.05, 0.1) is 68.6 Å². The number of halogens is 9. The molecule has 0 spiro atoms. The zero-order valence-electron chi connectivity index (χ0n) is 54.0. The minimum atomic E-state index is -4.33. The zero-order valence-corrected chi connectivity index (χ0v) is 60.4. The Labute approximate surface area is 624 Å². The minimum Gasteiger partial charge on any atom is -0.497 e. The molecule has 0 saturated carbocycles. The van der Waals surface area contributed by atoms with Crippen LogP contribution in [-0.4, -0.2) is 42.0 Å². The molecule has 0 aliphatic rings. The number of hydrogen-bond donors (Lipinski definition) is 3. The average Bonchev–Trinajstić information content (AvgIpc) is 1.74. The quantitative estimate of drug-likeness (QED) is 0.0798. The van der Waals surface area contributed by atoms with E-state index < -0.39 is 23.5 Å². The fourth-order valence-electron chi connectivity index (χ4n) is 9.56. The second-order valence-electron chi connectivity index (χ2n) is 21.9. The summed E-state index contributed by atoms with van der Waals surface area (Å²) in [5.41, 5.74) is 11.4. The molecule has 0 aliphatic carbocycles. The number of alkyl halides is 6. The van der Waals surface area contributed by atoms with Crippen molar-refractivity contribution >= 4 is 124 Å². The van der Waals surface area contributed by atoms with Crippen LogP contribution in [0.4, 0.5) is 58.9 Å². The van der Waals surface area contributed by atoms with Crippen LogP contribution in [0.1, 0.15) is 32.3 Å². The highest BCUT2D eigenvalue weighted by Gasteiger charge is 2.31. The van der Waals surface area contributed by atoms with Crippen molar-refractivity contribution in [2.24, 2.45) is 0 Å². The smallest absolute Gasteiger partial charge is 0.416 e. The van der Waals surface area contributed by atoms with E-state index in [-0.39, 0.29) is 0 Å². The summed E-state index contributed by atoms with van der Waals surface area (Å²) >= 11 is 25.4. The van der Waals surface area contributed by atoms with Gasteiger partial charge in [0.25, 0.3) is 0 Å². The monoisotopic (exact) mass is 1530 g/mol. The number of benzene rings is 8. The van der Waals surface area contributed by atoms with Gasteiger partial charge in [0.15, 0.2) is 15.4 Å². The highest BCUT2D eigenvalue weighted by atomic mass is 35.5. The van der Waals surface area contributed by atoms with E-state index in [1.807, 2.05) is 185 Å².